The molecule has 1 heterocycles. The molecule has 0 amide bonds. The monoisotopic (exact) mass is 261 g/mol. The minimum atomic E-state index is 0.537. The Hall–Kier alpha value is -1.94. The quantitative estimate of drug-likeness (QED) is 0.777. The smallest absolute Gasteiger partial charge is 0.142 e. The fraction of sp³-hybridized carbons (Fsp3) is 0.333. The third-order valence-corrected chi connectivity index (χ3v) is 2.72. The summed E-state index contributed by atoms with van der Waals surface area (Å²) in [5, 5.41) is 3.31. The molecule has 0 bridgehead atoms. The SMILES string of the molecule is COCCOc1cc(C)ccc1NCc1ccco1. The van der Waals surface area contributed by atoms with Crippen molar-refractivity contribution >= 4 is 5.69 Å². The Morgan fingerprint density at radius 1 is 1.21 bits per heavy atom. The third-order valence-electron chi connectivity index (χ3n) is 2.72. The molecule has 0 radical (unpaired) electrons. The Morgan fingerprint density at radius 2 is 2.11 bits per heavy atom. The van der Waals surface area contributed by atoms with Gasteiger partial charge in [0.05, 0.1) is 25.1 Å². The Kier molecular flexibility index (Phi) is 4.86. The van der Waals surface area contributed by atoms with Gasteiger partial charge in [-0.25, -0.2) is 0 Å². The number of methoxy groups -OCH3 is 1. The topological polar surface area (TPSA) is 43.6 Å². The Morgan fingerprint density at radius 3 is 2.84 bits per heavy atom. The van der Waals surface area contributed by atoms with E-state index in [1.54, 1.807) is 13.4 Å². The molecule has 0 aliphatic heterocycles. The highest BCUT2D eigenvalue weighted by molar-refractivity contribution is 5.57. The summed E-state index contributed by atoms with van der Waals surface area (Å²) in [5.41, 5.74) is 2.12. The molecule has 19 heavy (non-hydrogen) atoms. The van der Waals surface area contributed by atoms with E-state index in [-0.39, 0.29) is 0 Å². The maximum absolute atomic E-state index is 5.71. The molecule has 0 aliphatic carbocycles. The molecule has 0 unspecified atom stereocenters. The summed E-state index contributed by atoms with van der Waals surface area (Å²) in [6, 6.07) is 9.89. The molecule has 4 nitrogen and oxygen atoms in total. The van der Waals surface area contributed by atoms with Crippen LogP contribution in [0.5, 0.6) is 5.75 Å². The van der Waals surface area contributed by atoms with Crippen molar-refractivity contribution in [1.29, 1.82) is 0 Å². The fourth-order valence-corrected chi connectivity index (χ4v) is 1.73. The first-order chi connectivity index (χ1) is 9.29. The Balaban J connectivity index is 2.01. The third kappa shape index (κ3) is 4.03. The van der Waals surface area contributed by atoms with Gasteiger partial charge in [-0.15, -0.1) is 0 Å². The fourth-order valence-electron chi connectivity index (χ4n) is 1.73. The summed E-state index contributed by atoms with van der Waals surface area (Å²) in [6.07, 6.45) is 1.67. The maximum atomic E-state index is 5.71. The summed E-state index contributed by atoms with van der Waals surface area (Å²) >= 11 is 0. The van der Waals surface area contributed by atoms with Crippen molar-refractivity contribution in [2.24, 2.45) is 0 Å². The van der Waals surface area contributed by atoms with E-state index in [0.717, 1.165) is 22.8 Å². The summed E-state index contributed by atoms with van der Waals surface area (Å²) < 4.78 is 16.0. The average Bonchev–Trinajstić information content (AvgIpc) is 2.91. The molecule has 2 rings (SSSR count). The van der Waals surface area contributed by atoms with E-state index in [1.165, 1.54) is 0 Å². The van der Waals surface area contributed by atoms with Gasteiger partial charge in [0.1, 0.15) is 18.1 Å². The second kappa shape index (κ2) is 6.85. The average molecular weight is 261 g/mol. The molecule has 0 aliphatic rings. The van der Waals surface area contributed by atoms with Crippen molar-refractivity contribution in [1.82, 2.24) is 0 Å². The highest BCUT2D eigenvalue weighted by Crippen LogP contribution is 2.26. The number of anilines is 1. The van der Waals surface area contributed by atoms with E-state index in [0.29, 0.717) is 19.8 Å². The van der Waals surface area contributed by atoms with Gasteiger partial charge in [0.25, 0.3) is 0 Å². The number of aryl methyl sites for hydroxylation is 1. The lowest BCUT2D eigenvalue weighted by Crippen LogP contribution is -2.07. The van der Waals surface area contributed by atoms with Gasteiger partial charge in [-0.2, -0.15) is 0 Å². The normalized spacial score (nSPS) is 10.4. The van der Waals surface area contributed by atoms with Crippen LogP contribution in [0.1, 0.15) is 11.3 Å². The van der Waals surface area contributed by atoms with Gasteiger partial charge < -0.3 is 19.2 Å². The Labute approximate surface area is 113 Å². The minimum Gasteiger partial charge on any atom is -0.489 e. The minimum absolute atomic E-state index is 0.537. The van der Waals surface area contributed by atoms with Crippen LogP contribution in [0.3, 0.4) is 0 Å². The highest BCUT2D eigenvalue weighted by atomic mass is 16.5. The van der Waals surface area contributed by atoms with E-state index < -0.39 is 0 Å². The van der Waals surface area contributed by atoms with Crippen LogP contribution in [0.4, 0.5) is 5.69 Å². The number of hydrogen-bond donors (Lipinski definition) is 1. The predicted octanol–water partition coefficient (Wildman–Crippen LogP) is 3.23. The summed E-state index contributed by atoms with van der Waals surface area (Å²) in [4.78, 5) is 0. The molecule has 1 aromatic carbocycles. The number of ether oxygens (including phenoxy) is 2. The molecule has 1 aromatic heterocycles. The van der Waals surface area contributed by atoms with Crippen molar-refractivity contribution in [3.05, 3.63) is 47.9 Å². The lowest BCUT2D eigenvalue weighted by Gasteiger charge is -2.13. The first-order valence-corrected chi connectivity index (χ1v) is 6.28. The molecule has 0 spiro atoms. The van der Waals surface area contributed by atoms with Crippen LogP contribution in [0.2, 0.25) is 0 Å². The molecule has 0 saturated carbocycles. The second-order valence-electron chi connectivity index (χ2n) is 4.27. The van der Waals surface area contributed by atoms with Crippen LogP contribution in [-0.2, 0) is 11.3 Å². The van der Waals surface area contributed by atoms with Crippen LogP contribution in [0, 0.1) is 6.92 Å². The first-order valence-electron chi connectivity index (χ1n) is 6.28. The van der Waals surface area contributed by atoms with Gasteiger partial charge in [0, 0.05) is 7.11 Å². The van der Waals surface area contributed by atoms with Crippen molar-refractivity contribution in [3.8, 4) is 5.75 Å². The molecule has 0 saturated heterocycles. The summed E-state index contributed by atoms with van der Waals surface area (Å²) in [5.74, 6) is 1.73. The molecule has 102 valence electrons. The van der Waals surface area contributed by atoms with Crippen molar-refractivity contribution in [2.75, 3.05) is 25.6 Å². The van der Waals surface area contributed by atoms with E-state index in [1.807, 2.05) is 37.3 Å². The molecule has 0 atom stereocenters. The van der Waals surface area contributed by atoms with Crippen LogP contribution < -0.4 is 10.1 Å². The molecule has 4 heteroatoms. The van der Waals surface area contributed by atoms with Crippen molar-refractivity contribution in [3.63, 3.8) is 0 Å². The van der Waals surface area contributed by atoms with Crippen LogP contribution in [-0.4, -0.2) is 20.3 Å². The largest absolute Gasteiger partial charge is 0.489 e. The second-order valence-corrected chi connectivity index (χ2v) is 4.27. The van der Waals surface area contributed by atoms with E-state index >= 15 is 0 Å². The molecular formula is C15H19NO3. The lowest BCUT2D eigenvalue weighted by atomic mass is 10.2. The summed E-state index contributed by atoms with van der Waals surface area (Å²) in [7, 11) is 1.66. The molecule has 2 aromatic rings. The van der Waals surface area contributed by atoms with Gasteiger partial charge >= 0.3 is 0 Å². The molecule has 0 fully saturated rings. The lowest BCUT2D eigenvalue weighted by molar-refractivity contribution is 0.146. The van der Waals surface area contributed by atoms with Crippen molar-refractivity contribution < 1.29 is 13.9 Å². The standard InChI is InChI=1S/C15H19NO3/c1-12-5-6-14(15(10-12)19-9-8-17-2)16-11-13-4-3-7-18-13/h3-7,10,16H,8-9,11H2,1-2H3. The molecule has 1 N–H and O–H groups in total. The predicted molar refractivity (Wildman–Crippen MR) is 74.6 cm³/mol. The van der Waals surface area contributed by atoms with E-state index in [2.05, 4.69) is 5.32 Å². The zero-order chi connectivity index (χ0) is 13.5. The maximum Gasteiger partial charge on any atom is 0.142 e. The van der Waals surface area contributed by atoms with Crippen LogP contribution in [0.25, 0.3) is 0 Å². The number of benzene rings is 1. The first kappa shape index (κ1) is 13.5. The van der Waals surface area contributed by atoms with Gasteiger partial charge in [0.2, 0.25) is 0 Å². The number of rotatable bonds is 7. The number of furan rings is 1. The van der Waals surface area contributed by atoms with E-state index in [9.17, 15) is 0 Å². The van der Waals surface area contributed by atoms with Gasteiger partial charge in [-0.3, -0.25) is 0 Å². The van der Waals surface area contributed by atoms with Crippen LogP contribution >= 0.6 is 0 Å². The van der Waals surface area contributed by atoms with Gasteiger partial charge in [0.15, 0.2) is 0 Å². The summed E-state index contributed by atoms with van der Waals surface area (Å²) in [6.45, 7) is 3.79. The number of nitrogens with one attached hydrogen (secondary N) is 1. The Bertz CT molecular complexity index is 494. The van der Waals surface area contributed by atoms with E-state index in [4.69, 9.17) is 13.9 Å². The van der Waals surface area contributed by atoms with Crippen molar-refractivity contribution in [2.45, 2.75) is 13.5 Å². The van der Waals surface area contributed by atoms with Crippen LogP contribution in [0.15, 0.2) is 41.0 Å². The highest BCUT2D eigenvalue weighted by Gasteiger charge is 2.05. The number of hydrogen-bond acceptors (Lipinski definition) is 4. The zero-order valence-electron chi connectivity index (χ0n) is 11.3. The van der Waals surface area contributed by atoms with Gasteiger partial charge in [-0.05, 0) is 36.8 Å². The zero-order valence-corrected chi connectivity index (χ0v) is 11.3. The van der Waals surface area contributed by atoms with Gasteiger partial charge in [-0.1, -0.05) is 6.07 Å². The molecular weight excluding hydrogens is 242 g/mol.